The number of aryl methyl sites for hydroxylation is 1. The largest absolute Gasteiger partial charge is 0.494 e. The van der Waals surface area contributed by atoms with Crippen LogP contribution in [0.3, 0.4) is 0 Å². The molecule has 15 nitrogen and oxygen atoms in total. The molecule has 4 amide bonds. The van der Waals surface area contributed by atoms with Gasteiger partial charge in [0.15, 0.2) is 17.3 Å². The molecule has 2 aliphatic heterocycles. The van der Waals surface area contributed by atoms with Crippen LogP contribution in [0.25, 0.3) is 22.5 Å². The molecule has 0 aliphatic carbocycles. The lowest BCUT2D eigenvalue weighted by Crippen LogP contribution is -2.58. The van der Waals surface area contributed by atoms with E-state index in [1.807, 2.05) is 31.2 Å². The molecule has 0 saturated carbocycles. The second-order valence-corrected chi connectivity index (χ2v) is 19.8. The summed E-state index contributed by atoms with van der Waals surface area (Å²) in [5.74, 6) is -1.63. The molecule has 1 unspecified atom stereocenters. The number of hydrogen-bond donors (Lipinski definition) is 3. The van der Waals surface area contributed by atoms with Gasteiger partial charge in [0.1, 0.15) is 35.8 Å². The highest BCUT2D eigenvalue weighted by Crippen LogP contribution is 2.41. The molecule has 1 aromatic heterocycles. The van der Waals surface area contributed by atoms with Crippen molar-refractivity contribution in [1.29, 1.82) is 5.26 Å². The second-order valence-electron chi connectivity index (χ2n) is 19.4. The van der Waals surface area contributed by atoms with E-state index in [0.717, 1.165) is 27.8 Å². The molecule has 4 aromatic carbocycles. The summed E-state index contributed by atoms with van der Waals surface area (Å²) in [7, 11) is 0. The van der Waals surface area contributed by atoms with E-state index in [9.17, 15) is 42.7 Å². The van der Waals surface area contributed by atoms with Gasteiger partial charge in [-0.3, -0.25) is 24.1 Å². The van der Waals surface area contributed by atoms with E-state index in [4.69, 9.17) is 26.1 Å². The number of benzene rings is 4. The van der Waals surface area contributed by atoms with Gasteiger partial charge >= 0.3 is 6.18 Å². The first kappa shape index (κ1) is 53.6. The summed E-state index contributed by atoms with van der Waals surface area (Å²) in [5, 5.41) is 25.2. The highest BCUT2D eigenvalue weighted by molar-refractivity contribution is 7.81. The van der Waals surface area contributed by atoms with E-state index in [1.54, 1.807) is 51.1 Å². The Kier molecular flexibility index (Phi) is 16.1. The van der Waals surface area contributed by atoms with Gasteiger partial charge in [-0.05, 0) is 110 Å². The Balaban J connectivity index is 0.853. The topological polar surface area (TPSA) is 191 Å². The molecule has 0 radical (unpaired) electrons. The zero-order valence-corrected chi connectivity index (χ0v) is 41.8. The van der Waals surface area contributed by atoms with Crippen LogP contribution in [-0.4, -0.2) is 93.8 Å². The number of amides is 4. The zero-order chi connectivity index (χ0) is 53.0. The summed E-state index contributed by atoms with van der Waals surface area (Å²) in [4.78, 5) is 61.7. The lowest BCUT2D eigenvalue weighted by molar-refractivity contribution is -0.144. The minimum absolute atomic E-state index is 0.0522. The normalized spacial score (nSPS) is 17.2. The number of rotatable bonds is 17. The van der Waals surface area contributed by atoms with Crippen LogP contribution in [0, 0.1) is 29.5 Å². The number of nitriles is 1. The summed E-state index contributed by atoms with van der Waals surface area (Å²) in [5.41, 5.74) is -0.766. The number of oxazole rings is 1. The molecule has 0 spiro atoms. The fourth-order valence-electron chi connectivity index (χ4n) is 8.69. The van der Waals surface area contributed by atoms with E-state index in [1.165, 1.54) is 54.3 Å². The molecule has 5 aromatic rings. The number of aliphatic hydroxyl groups excluding tert-OH is 1. The Hall–Kier alpha value is -7.21. The van der Waals surface area contributed by atoms with E-state index in [-0.39, 0.29) is 49.2 Å². The molecule has 2 fully saturated rings. The molecule has 3 heterocycles. The summed E-state index contributed by atoms with van der Waals surface area (Å²) in [6.07, 6.45) is -3.23. The van der Waals surface area contributed by atoms with Crippen molar-refractivity contribution < 1.29 is 55.7 Å². The van der Waals surface area contributed by atoms with Gasteiger partial charge in [0.05, 0.1) is 47.0 Å². The summed E-state index contributed by atoms with van der Waals surface area (Å²) >= 11 is 5.56. The van der Waals surface area contributed by atoms with E-state index in [2.05, 4.69) is 15.6 Å². The summed E-state index contributed by atoms with van der Waals surface area (Å²) in [6, 6.07) is 21.1. The number of unbranched alkanes of at least 4 members (excludes halogenated alkanes) is 1. The quantitative estimate of drug-likeness (QED) is 0.0460. The molecule has 3 atom stereocenters. The van der Waals surface area contributed by atoms with Crippen molar-refractivity contribution in [1.82, 2.24) is 20.5 Å². The fourth-order valence-corrected chi connectivity index (χ4v) is 9.20. The number of alkyl halides is 3. The maximum absolute atomic E-state index is 15.9. The second kappa shape index (κ2) is 21.9. The number of carbonyl (C=O) groups is 4. The summed E-state index contributed by atoms with van der Waals surface area (Å²) < 4.78 is 74.2. The number of nitrogens with one attached hydrogen (secondary N) is 2. The lowest BCUT2D eigenvalue weighted by atomic mass is 9.85. The Morgan fingerprint density at radius 3 is 2.27 bits per heavy atom. The van der Waals surface area contributed by atoms with Crippen molar-refractivity contribution in [2.75, 3.05) is 36.2 Å². The number of carbonyl (C=O) groups excluding carboxylic acids is 4. The van der Waals surface area contributed by atoms with Crippen LogP contribution < -0.4 is 25.2 Å². The number of aliphatic hydroxyl groups is 1. The molecule has 2 saturated heterocycles. The van der Waals surface area contributed by atoms with E-state index < -0.39 is 75.9 Å². The van der Waals surface area contributed by atoms with E-state index in [0.29, 0.717) is 48.2 Å². The molecule has 73 heavy (non-hydrogen) atoms. The third kappa shape index (κ3) is 12.0. The maximum atomic E-state index is 15.9. The average Bonchev–Trinajstić information content (AvgIpc) is 4.01. The first-order chi connectivity index (χ1) is 34.5. The molecule has 384 valence electrons. The van der Waals surface area contributed by atoms with Crippen molar-refractivity contribution in [2.24, 2.45) is 5.41 Å². The van der Waals surface area contributed by atoms with Crippen molar-refractivity contribution in [3.8, 4) is 34.3 Å². The zero-order valence-electron chi connectivity index (χ0n) is 41.0. The molecule has 2 aliphatic rings. The Morgan fingerprint density at radius 1 is 0.973 bits per heavy atom. The number of ether oxygens (including phenoxy) is 2. The number of nitrogens with zero attached hydrogens (tertiary/aromatic N) is 5. The van der Waals surface area contributed by atoms with Gasteiger partial charge in [-0.2, -0.15) is 18.4 Å². The van der Waals surface area contributed by atoms with Crippen LogP contribution in [0.1, 0.15) is 76.3 Å². The number of β-amino-alcohol motifs (C(OH)–C–C–N with tert-alkyl or cyclic N) is 1. The lowest BCUT2D eigenvalue weighted by Gasteiger charge is -2.35. The number of halogens is 4. The smallest absolute Gasteiger partial charge is 0.417 e. The Morgan fingerprint density at radius 2 is 1.64 bits per heavy atom. The SMILES string of the molecule is Cc1ncoc1-c1ccc(CNC(=O)[C@@H]2C[C@@H](O)CN2C(=O)C(NC(=O)COCCCCOc2ccc(-c3ccc(N4C(=S)N(c5ccc(C#N)c(C(F)(F)F)c5)C(=O)C4(C)C)c(F)c3)cc2)C(C)(C)C)cc1. The monoisotopic (exact) mass is 1030 g/mol. The van der Waals surface area contributed by atoms with Crippen LogP contribution >= 0.6 is 12.2 Å². The van der Waals surface area contributed by atoms with E-state index >= 15 is 4.39 Å². The van der Waals surface area contributed by atoms with Crippen molar-refractivity contribution in [3.05, 3.63) is 120 Å². The van der Waals surface area contributed by atoms with Gasteiger partial charge in [0.25, 0.3) is 5.91 Å². The molecular weight excluding hydrogens is 971 g/mol. The minimum Gasteiger partial charge on any atom is -0.494 e. The predicted molar refractivity (Wildman–Crippen MR) is 266 cm³/mol. The molecule has 3 N–H and O–H groups in total. The Labute approximate surface area is 425 Å². The van der Waals surface area contributed by atoms with Crippen LogP contribution in [0.15, 0.2) is 95.7 Å². The number of aromatic nitrogens is 1. The average molecular weight is 1030 g/mol. The number of likely N-dealkylation sites (tertiary alicyclic amines) is 1. The van der Waals surface area contributed by atoms with Crippen molar-refractivity contribution in [2.45, 2.75) is 97.3 Å². The molecule has 7 rings (SSSR count). The van der Waals surface area contributed by atoms with Gasteiger partial charge in [0, 0.05) is 31.7 Å². The fraction of sp³-hybridized carbons (Fsp3) is 0.377. The Bertz CT molecular complexity index is 2910. The highest BCUT2D eigenvalue weighted by Gasteiger charge is 2.51. The standard InChI is InChI=1S/C53H55F4N7O8S/c1-31-45(72-30-60-31)34-11-9-32(10-12-34)27-59-47(67)43-25-38(65)28-62(43)48(68)46(51(2,3)4)61-44(66)29-70-21-7-8-22-71-39-18-14-33(15-19-39)35-16-20-42(41(54)23-35)64-50(73)63(49(69)52(64,5)6)37-17-13-36(26-58)40(24-37)53(55,56)57/h9-20,23-24,30,38,43,46,65H,7-8,21-22,25,27-29H2,1-6H3,(H,59,67)(H,61,66)/t38-,43+,46?/m1/s1. The van der Waals surface area contributed by atoms with Crippen molar-refractivity contribution in [3.63, 3.8) is 0 Å². The van der Waals surface area contributed by atoms with Crippen LogP contribution in [-0.2, 0) is 36.6 Å². The molecule has 20 heteroatoms. The third-order valence-corrected chi connectivity index (χ3v) is 13.0. The van der Waals surface area contributed by atoms with Crippen molar-refractivity contribution >= 4 is 52.3 Å². The number of thiocarbonyl (C=S) groups is 1. The van der Waals surface area contributed by atoms with Crippen LogP contribution in [0.5, 0.6) is 5.75 Å². The predicted octanol–water partition coefficient (Wildman–Crippen LogP) is 8.25. The highest BCUT2D eigenvalue weighted by atomic mass is 32.1. The number of hydrogen-bond acceptors (Lipinski definition) is 11. The molecule has 0 bridgehead atoms. The van der Waals surface area contributed by atoms with Crippen LogP contribution in [0.2, 0.25) is 0 Å². The van der Waals surface area contributed by atoms with Gasteiger partial charge in [-0.15, -0.1) is 0 Å². The molecular formula is C53H55F4N7O8S. The first-order valence-electron chi connectivity index (χ1n) is 23.4. The van der Waals surface area contributed by atoms with Gasteiger partial charge in [0.2, 0.25) is 17.7 Å². The first-order valence-corrected chi connectivity index (χ1v) is 23.9. The van der Waals surface area contributed by atoms with Gasteiger partial charge < -0.3 is 39.4 Å². The van der Waals surface area contributed by atoms with Gasteiger partial charge in [-0.25, -0.2) is 9.37 Å². The maximum Gasteiger partial charge on any atom is 0.417 e. The summed E-state index contributed by atoms with van der Waals surface area (Å²) in [6.45, 7) is 10.6. The van der Waals surface area contributed by atoms with Crippen LogP contribution in [0.4, 0.5) is 28.9 Å². The number of anilines is 2. The van der Waals surface area contributed by atoms with Gasteiger partial charge in [-0.1, -0.05) is 63.2 Å². The third-order valence-electron chi connectivity index (χ3n) is 12.6. The minimum atomic E-state index is -4.87.